The Morgan fingerprint density at radius 3 is 2.39 bits per heavy atom. The summed E-state index contributed by atoms with van der Waals surface area (Å²) in [4.78, 5) is 46.8. The van der Waals surface area contributed by atoms with Crippen LogP contribution in [0.1, 0.15) is 27.0 Å². The average Bonchev–Trinajstić information content (AvgIpc) is 2.69. The second kappa shape index (κ2) is 9.09. The van der Waals surface area contributed by atoms with Crippen LogP contribution in [0.15, 0.2) is 42.5 Å². The largest absolute Gasteiger partial charge is 0.480 e. The molecule has 0 radical (unpaired) electrons. The third kappa shape index (κ3) is 4.59. The highest BCUT2D eigenvalue weighted by Crippen LogP contribution is 2.20. The number of aryl methyl sites for hydroxylation is 1. The van der Waals surface area contributed by atoms with E-state index in [1.807, 2.05) is 6.07 Å². The fourth-order valence-corrected chi connectivity index (χ4v) is 2.66. The van der Waals surface area contributed by atoms with E-state index in [9.17, 15) is 19.2 Å². The van der Waals surface area contributed by atoms with Crippen molar-refractivity contribution in [2.45, 2.75) is 19.4 Å². The average molecular weight is 379 g/mol. The Kier molecular flexibility index (Phi) is 6.60. The maximum absolute atomic E-state index is 12.7. The van der Waals surface area contributed by atoms with Gasteiger partial charge in [0.2, 0.25) is 12.8 Å². The zero-order chi connectivity index (χ0) is 20.7. The summed E-state index contributed by atoms with van der Waals surface area (Å²) in [6.45, 7) is 1.67. The summed E-state index contributed by atoms with van der Waals surface area (Å²) >= 11 is 0. The third-order valence-corrected chi connectivity index (χ3v) is 4.13. The normalized spacial score (nSPS) is 11.0. The maximum Gasteiger partial charge on any atom is 0.326 e. The van der Waals surface area contributed by atoms with E-state index in [0.29, 0.717) is 35.2 Å². The maximum atomic E-state index is 12.7. The second-order valence-electron chi connectivity index (χ2n) is 5.97. The molecule has 0 aliphatic carbocycles. The molecule has 0 aromatic heterocycles. The lowest BCUT2D eigenvalue weighted by atomic mass is 10.0. The first-order valence-electron chi connectivity index (χ1n) is 8.22. The summed E-state index contributed by atoms with van der Waals surface area (Å²) in [5, 5.41) is 20.2. The van der Waals surface area contributed by atoms with Gasteiger partial charge in [0, 0.05) is 12.0 Å². The molecule has 0 fully saturated rings. The van der Waals surface area contributed by atoms with Gasteiger partial charge in [-0.2, -0.15) is 5.26 Å². The summed E-state index contributed by atoms with van der Waals surface area (Å²) < 4.78 is 0. The number of amides is 3. The molecular formula is C20H17N3O5. The van der Waals surface area contributed by atoms with Crippen LogP contribution in [0.3, 0.4) is 0 Å². The Balaban J connectivity index is 2.24. The number of carboxylic acids is 1. The molecule has 0 saturated heterocycles. The van der Waals surface area contributed by atoms with Gasteiger partial charge in [0.15, 0.2) is 0 Å². The first kappa shape index (κ1) is 20.3. The van der Waals surface area contributed by atoms with Gasteiger partial charge < -0.3 is 10.4 Å². The van der Waals surface area contributed by atoms with Gasteiger partial charge in [-0.05, 0) is 48.4 Å². The minimum atomic E-state index is -1.17. The lowest BCUT2D eigenvalue weighted by Gasteiger charge is -2.18. The summed E-state index contributed by atoms with van der Waals surface area (Å²) in [6, 6.07) is 11.6. The number of carbonyl (C=O) groups is 4. The van der Waals surface area contributed by atoms with E-state index in [4.69, 9.17) is 10.4 Å². The highest BCUT2D eigenvalue weighted by molar-refractivity contribution is 6.16. The van der Waals surface area contributed by atoms with Crippen molar-refractivity contribution in [2.24, 2.45) is 0 Å². The highest BCUT2D eigenvalue weighted by atomic mass is 16.4. The zero-order valence-corrected chi connectivity index (χ0v) is 15.0. The molecule has 28 heavy (non-hydrogen) atoms. The molecular weight excluding hydrogens is 362 g/mol. The van der Waals surface area contributed by atoms with E-state index < -0.39 is 17.9 Å². The van der Waals surface area contributed by atoms with Crippen LogP contribution in [0.25, 0.3) is 0 Å². The van der Waals surface area contributed by atoms with Crippen molar-refractivity contribution in [1.29, 1.82) is 5.26 Å². The molecule has 2 aromatic rings. The molecule has 0 aliphatic rings. The second-order valence-corrected chi connectivity index (χ2v) is 5.97. The zero-order valence-electron chi connectivity index (χ0n) is 15.0. The number of aliphatic carboxylic acids is 1. The minimum absolute atomic E-state index is 0.0537. The number of benzene rings is 2. The monoisotopic (exact) mass is 379 g/mol. The fraction of sp³-hybridized carbons (Fsp3) is 0.150. The number of hydrogen-bond acceptors (Lipinski definition) is 5. The van der Waals surface area contributed by atoms with Gasteiger partial charge in [-0.3, -0.25) is 14.4 Å². The van der Waals surface area contributed by atoms with Crippen LogP contribution in [0.5, 0.6) is 0 Å². The molecule has 142 valence electrons. The minimum Gasteiger partial charge on any atom is -0.480 e. The summed E-state index contributed by atoms with van der Waals surface area (Å²) in [5.74, 6) is -1.71. The number of nitrogens with one attached hydrogen (secondary N) is 1. The first-order chi connectivity index (χ1) is 13.4. The number of nitrogens with zero attached hydrogens (tertiary/aromatic N) is 2. The van der Waals surface area contributed by atoms with E-state index in [2.05, 4.69) is 5.32 Å². The van der Waals surface area contributed by atoms with Crippen LogP contribution in [0.2, 0.25) is 0 Å². The van der Waals surface area contributed by atoms with Crippen molar-refractivity contribution in [3.05, 3.63) is 64.7 Å². The van der Waals surface area contributed by atoms with Gasteiger partial charge >= 0.3 is 5.97 Å². The fourth-order valence-electron chi connectivity index (χ4n) is 2.66. The third-order valence-electron chi connectivity index (χ3n) is 4.13. The Morgan fingerprint density at radius 1 is 1.21 bits per heavy atom. The molecule has 0 bridgehead atoms. The lowest BCUT2D eigenvalue weighted by Crippen LogP contribution is -2.37. The Labute approximate surface area is 161 Å². The van der Waals surface area contributed by atoms with Crippen molar-refractivity contribution in [2.75, 3.05) is 4.90 Å². The van der Waals surface area contributed by atoms with E-state index in [1.165, 1.54) is 24.3 Å². The topological polar surface area (TPSA) is 128 Å². The number of rotatable bonds is 8. The quantitative estimate of drug-likeness (QED) is 0.668. The standard InChI is InChI=1S/C20H17N3O5/c1-13-8-15(10-21)4-7-17(13)19(26)23(12-25)16-5-2-14(3-6-16)9-18(20(27)28)22-11-24/h2-8,11-12,18H,9H2,1H3,(H,22,24)(H,27,28). The van der Waals surface area contributed by atoms with Gasteiger partial charge in [0.25, 0.3) is 5.91 Å². The molecule has 1 unspecified atom stereocenters. The van der Waals surface area contributed by atoms with E-state index in [0.717, 1.165) is 4.90 Å². The lowest BCUT2D eigenvalue weighted by molar-refractivity contribution is -0.140. The molecule has 0 saturated carbocycles. The number of hydrogen-bond donors (Lipinski definition) is 2. The van der Waals surface area contributed by atoms with Crippen molar-refractivity contribution < 1.29 is 24.3 Å². The molecule has 0 aliphatic heterocycles. The van der Waals surface area contributed by atoms with Gasteiger partial charge in [-0.25, -0.2) is 9.69 Å². The van der Waals surface area contributed by atoms with Gasteiger partial charge in [0.05, 0.1) is 17.3 Å². The summed E-state index contributed by atoms with van der Waals surface area (Å²) in [5.41, 5.74) is 2.18. The van der Waals surface area contributed by atoms with Crippen LogP contribution < -0.4 is 10.2 Å². The number of imide groups is 1. The van der Waals surface area contributed by atoms with Gasteiger partial charge in [-0.15, -0.1) is 0 Å². The SMILES string of the molecule is Cc1cc(C#N)ccc1C(=O)N(C=O)c1ccc(CC(NC=O)C(=O)O)cc1. The first-order valence-corrected chi connectivity index (χ1v) is 8.22. The predicted octanol–water partition coefficient (Wildman–Crippen LogP) is 1.41. The molecule has 0 heterocycles. The smallest absolute Gasteiger partial charge is 0.326 e. The molecule has 8 nitrogen and oxygen atoms in total. The molecule has 1 atom stereocenters. The molecule has 3 amide bonds. The molecule has 2 rings (SSSR count). The van der Waals surface area contributed by atoms with Gasteiger partial charge in [0.1, 0.15) is 6.04 Å². The van der Waals surface area contributed by atoms with Crippen LogP contribution in [-0.4, -0.2) is 35.8 Å². The van der Waals surface area contributed by atoms with E-state index in [-0.39, 0.29) is 12.0 Å². The Hall–Kier alpha value is -3.99. The summed E-state index contributed by atoms with van der Waals surface area (Å²) in [7, 11) is 0. The van der Waals surface area contributed by atoms with E-state index >= 15 is 0 Å². The van der Waals surface area contributed by atoms with Crippen LogP contribution >= 0.6 is 0 Å². The van der Waals surface area contributed by atoms with E-state index in [1.54, 1.807) is 25.1 Å². The number of nitriles is 1. The predicted molar refractivity (Wildman–Crippen MR) is 99.5 cm³/mol. The Morgan fingerprint density at radius 2 is 1.89 bits per heavy atom. The van der Waals surface area contributed by atoms with Crippen molar-refractivity contribution >= 4 is 30.4 Å². The number of carboxylic acid groups (broad SMARTS) is 1. The van der Waals surface area contributed by atoms with Crippen LogP contribution in [0, 0.1) is 18.3 Å². The van der Waals surface area contributed by atoms with Crippen LogP contribution in [0.4, 0.5) is 5.69 Å². The van der Waals surface area contributed by atoms with Gasteiger partial charge in [-0.1, -0.05) is 12.1 Å². The van der Waals surface area contributed by atoms with Crippen molar-refractivity contribution in [1.82, 2.24) is 5.32 Å². The number of carbonyl (C=O) groups excluding carboxylic acids is 3. The molecule has 0 spiro atoms. The highest BCUT2D eigenvalue weighted by Gasteiger charge is 2.20. The molecule has 8 heteroatoms. The van der Waals surface area contributed by atoms with Crippen molar-refractivity contribution in [3.8, 4) is 6.07 Å². The molecule has 2 N–H and O–H groups in total. The number of anilines is 1. The summed E-state index contributed by atoms with van der Waals surface area (Å²) in [6.07, 6.45) is 0.765. The Bertz CT molecular complexity index is 947. The van der Waals surface area contributed by atoms with Crippen LogP contribution in [-0.2, 0) is 20.8 Å². The molecule has 2 aromatic carbocycles. The van der Waals surface area contributed by atoms with Crippen molar-refractivity contribution in [3.63, 3.8) is 0 Å².